The van der Waals surface area contributed by atoms with Gasteiger partial charge in [-0.2, -0.15) is 0 Å². The van der Waals surface area contributed by atoms with Gasteiger partial charge in [0.25, 0.3) is 0 Å². The Bertz CT molecular complexity index is 244. The minimum Gasteiger partial charge on any atom is -0.309 e. The van der Waals surface area contributed by atoms with E-state index in [1.807, 2.05) is 0 Å². The quantitative estimate of drug-likeness (QED) is 0.555. The van der Waals surface area contributed by atoms with Gasteiger partial charge in [-0.15, -0.1) is 0 Å². The fourth-order valence-corrected chi connectivity index (χ4v) is 1.86. The molecule has 1 atom stereocenters. The maximum absolute atomic E-state index is 2.42. The second kappa shape index (κ2) is 9.47. The molecule has 0 aromatic rings. The summed E-state index contributed by atoms with van der Waals surface area (Å²) in [6.07, 6.45) is 9.59. The molecule has 0 N–H and O–H groups in total. The summed E-state index contributed by atoms with van der Waals surface area (Å²) < 4.78 is 0. The van der Waals surface area contributed by atoms with Crippen LogP contribution in [0.15, 0.2) is 23.3 Å². The molecule has 0 aromatic heterocycles. The minimum absolute atomic E-state index is 0.801. The fraction of sp³-hybridized carbons (Fsp3) is 0.750. The Morgan fingerprint density at radius 2 is 1.82 bits per heavy atom. The predicted octanol–water partition coefficient (Wildman–Crippen LogP) is 4.66. The van der Waals surface area contributed by atoms with Crippen molar-refractivity contribution in [1.82, 2.24) is 4.90 Å². The Balaban J connectivity index is 4.06. The van der Waals surface area contributed by atoms with E-state index in [0.717, 1.165) is 12.3 Å². The van der Waals surface area contributed by atoms with Crippen LogP contribution in [0.4, 0.5) is 0 Å². The van der Waals surface area contributed by atoms with Crippen LogP contribution in [0.5, 0.6) is 0 Å². The summed E-state index contributed by atoms with van der Waals surface area (Å²) in [5.41, 5.74) is 3.03. The van der Waals surface area contributed by atoms with E-state index >= 15 is 0 Å². The van der Waals surface area contributed by atoms with Crippen molar-refractivity contribution in [3.8, 4) is 0 Å². The van der Waals surface area contributed by atoms with Crippen molar-refractivity contribution in [1.29, 1.82) is 0 Å². The van der Waals surface area contributed by atoms with Crippen LogP contribution in [0, 0.1) is 5.92 Å². The third-order valence-corrected chi connectivity index (χ3v) is 3.07. The predicted molar refractivity (Wildman–Crippen MR) is 79.4 cm³/mol. The molecule has 0 aliphatic carbocycles. The Hall–Kier alpha value is -0.560. The molecule has 0 fully saturated rings. The normalized spacial score (nSPS) is 13.9. The van der Waals surface area contributed by atoms with Gasteiger partial charge < -0.3 is 4.90 Å². The summed E-state index contributed by atoms with van der Waals surface area (Å²) in [5, 5.41) is 0. The van der Waals surface area contributed by atoms with E-state index in [9.17, 15) is 0 Å². The van der Waals surface area contributed by atoms with Crippen LogP contribution >= 0.6 is 0 Å². The largest absolute Gasteiger partial charge is 0.309 e. The lowest BCUT2D eigenvalue weighted by molar-refractivity contribution is 0.358. The molecule has 0 spiro atoms. The van der Waals surface area contributed by atoms with E-state index in [1.165, 1.54) is 31.4 Å². The van der Waals surface area contributed by atoms with Crippen LogP contribution in [0.3, 0.4) is 0 Å². The Morgan fingerprint density at radius 1 is 1.18 bits per heavy atom. The van der Waals surface area contributed by atoms with E-state index in [1.54, 1.807) is 5.57 Å². The molecule has 0 bridgehead atoms. The van der Waals surface area contributed by atoms with Gasteiger partial charge >= 0.3 is 0 Å². The lowest BCUT2D eigenvalue weighted by Crippen LogP contribution is -2.15. The topological polar surface area (TPSA) is 3.24 Å². The zero-order valence-electron chi connectivity index (χ0n) is 12.7. The molecular weight excluding hydrogens is 206 g/mol. The molecule has 0 saturated carbocycles. The summed E-state index contributed by atoms with van der Waals surface area (Å²) in [6, 6.07) is 0. The van der Waals surface area contributed by atoms with Crippen LogP contribution in [0.2, 0.25) is 0 Å². The van der Waals surface area contributed by atoms with Gasteiger partial charge in [0.05, 0.1) is 0 Å². The minimum atomic E-state index is 0.801. The van der Waals surface area contributed by atoms with E-state index in [-0.39, 0.29) is 0 Å². The van der Waals surface area contributed by atoms with Crippen molar-refractivity contribution < 1.29 is 0 Å². The zero-order chi connectivity index (χ0) is 13.3. The Kier molecular flexibility index (Phi) is 9.16. The van der Waals surface area contributed by atoms with Gasteiger partial charge in [0.2, 0.25) is 0 Å². The summed E-state index contributed by atoms with van der Waals surface area (Å²) >= 11 is 0. The van der Waals surface area contributed by atoms with E-state index in [0.29, 0.717) is 0 Å². The van der Waals surface area contributed by atoms with Crippen LogP contribution in [0.1, 0.15) is 53.4 Å². The number of hydrogen-bond acceptors (Lipinski definition) is 1. The van der Waals surface area contributed by atoms with Gasteiger partial charge in [0.15, 0.2) is 0 Å². The number of rotatable bonds is 8. The first-order chi connectivity index (χ1) is 7.95. The average Bonchev–Trinajstić information content (AvgIpc) is 2.24. The molecule has 0 aliphatic rings. The molecule has 0 aliphatic heterocycles. The summed E-state index contributed by atoms with van der Waals surface area (Å²) in [7, 11) is 4.30. The van der Waals surface area contributed by atoms with Crippen molar-refractivity contribution >= 4 is 0 Å². The first-order valence-electron chi connectivity index (χ1n) is 6.91. The van der Waals surface area contributed by atoms with Gasteiger partial charge in [0.1, 0.15) is 0 Å². The summed E-state index contributed by atoms with van der Waals surface area (Å²) in [6.45, 7) is 10.2. The smallest absolute Gasteiger partial charge is 0.00222 e. The molecule has 0 aromatic carbocycles. The standard InChI is InChI=1S/C16H31N/c1-7-16(10-8-9-14(2)3)13-15(4)11-12-17(5)6/h9-10,15H,7-8,11-13H2,1-6H3. The molecule has 1 heteroatoms. The first-order valence-corrected chi connectivity index (χ1v) is 6.91. The van der Waals surface area contributed by atoms with Crippen LogP contribution in [-0.4, -0.2) is 25.5 Å². The highest BCUT2D eigenvalue weighted by Gasteiger charge is 2.05. The summed E-state index contributed by atoms with van der Waals surface area (Å²) in [5.74, 6) is 0.801. The van der Waals surface area contributed by atoms with Gasteiger partial charge in [-0.3, -0.25) is 0 Å². The second-order valence-corrected chi connectivity index (χ2v) is 5.63. The number of nitrogens with zero attached hydrogens (tertiary/aromatic N) is 1. The third-order valence-electron chi connectivity index (χ3n) is 3.07. The van der Waals surface area contributed by atoms with E-state index < -0.39 is 0 Å². The maximum Gasteiger partial charge on any atom is -0.00222 e. The molecule has 0 saturated heterocycles. The molecule has 17 heavy (non-hydrogen) atoms. The van der Waals surface area contributed by atoms with Gasteiger partial charge in [-0.05, 0) is 66.1 Å². The SMILES string of the molecule is CCC(=CCC=C(C)C)CC(C)CCN(C)C. The van der Waals surface area contributed by atoms with Crippen molar-refractivity contribution in [2.45, 2.75) is 53.4 Å². The van der Waals surface area contributed by atoms with Crippen molar-refractivity contribution in [3.05, 3.63) is 23.3 Å². The maximum atomic E-state index is 2.42. The second-order valence-electron chi connectivity index (χ2n) is 5.63. The highest BCUT2D eigenvalue weighted by molar-refractivity contribution is 5.07. The first kappa shape index (κ1) is 16.4. The van der Waals surface area contributed by atoms with Gasteiger partial charge in [-0.1, -0.05) is 37.1 Å². The van der Waals surface area contributed by atoms with Crippen LogP contribution in [-0.2, 0) is 0 Å². The monoisotopic (exact) mass is 237 g/mol. The third kappa shape index (κ3) is 10.3. The van der Waals surface area contributed by atoms with Crippen LogP contribution in [0.25, 0.3) is 0 Å². The van der Waals surface area contributed by atoms with E-state index in [4.69, 9.17) is 0 Å². The highest BCUT2D eigenvalue weighted by Crippen LogP contribution is 2.18. The lowest BCUT2D eigenvalue weighted by Gasteiger charge is -2.16. The number of allylic oxidation sites excluding steroid dienone is 4. The van der Waals surface area contributed by atoms with Gasteiger partial charge in [0, 0.05) is 0 Å². The molecule has 0 radical (unpaired) electrons. The molecule has 100 valence electrons. The van der Waals surface area contributed by atoms with Gasteiger partial charge in [-0.25, -0.2) is 0 Å². The fourth-order valence-electron chi connectivity index (χ4n) is 1.86. The van der Waals surface area contributed by atoms with Crippen molar-refractivity contribution in [2.24, 2.45) is 5.92 Å². The molecule has 1 unspecified atom stereocenters. The Morgan fingerprint density at radius 3 is 2.29 bits per heavy atom. The molecule has 1 nitrogen and oxygen atoms in total. The average molecular weight is 237 g/mol. The van der Waals surface area contributed by atoms with Crippen molar-refractivity contribution in [2.75, 3.05) is 20.6 Å². The zero-order valence-corrected chi connectivity index (χ0v) is 12.7. The van der Waals surface area contributed by atoms with E-state index in [2.05, 4.69) is 58.8 Å². The molecular formula is C16H31N. The molecule has 0 amide bonds. The number of hydrogen-bond donors (Lipinski definition) is 0. The lowest BCUT2D eigenvalue weighted by atomic mass is 9.95. The summed E-state index contributed by atoms with van der Waals surface area (Å²) in [4.78, 5) is 2.27. The Labute approximate surface area is 109 Å². The van der Waals surface area contributed by atoms with Crippen molar-refractivity contribution in [3.63, 3.8) is 0 Å². The molecule has 0 rings (SSSR count). The van der Waals surface area contributed by atoms with Crippen LogP contribution < -0.4 is 0 Å². The highest BCUT2D eigenvalue weighted by atomic mass is 15.0. The molecule has 0 heterocycles.